The van der Waals surface area contributed by atoms with Crippen LogP contribution in [0.3, 0.4) is 0 Å². The molecule has 5 aromatic carbocycles. The molecule has 0 atom stereocenters. The molecule has 0 aliphatic heterocycles. The van der Waals surface area contributed by atoms with Crippen LogP contribution in [0.15, 0.2) is 97.1 Å². The highest BCUT2D eigenvalue weighted by Gasteiger charge is 2.26. The van der Waals surface area contributed by atoms with Crippen molar-refractivity contribution in [2.24, 2.45) is 14.1 Å². The Morgan fingerprint density at radius 2 is 0.917 bits per heavy atom. The van der Waals surface area contributed by atoms with E-state index in [0.717, 1.165) is 65.9 Å². The molecule has 0 unspecified atom stereocenters. The number of aromatic hydroxyl groups is 2. The molecule has 0 bridgehead atoms. The van der Waals surface area contributed by atoms with Crippen molar-refractivity contribution in [3.63, 3.8) is 0 Å². The van der Waals surface area contributed by atoms with E-state index in [9.17, 15) is 10.2 Å². The van der Waals surface area contributed by atoms with Crippen LogP contribution in [-0.4, -0.2) is 19.3 Å². The molecule has 0 aliphatic rings. The third-order valence-electron chi connectivity index (χ3n) is 7.46. The van der Waals surface area contributed by atoms with E-state index in [0.29, 0.717) is 0 Å². The zero-order valence-corrected chi connectivity index (χ0v) is 20.0. The average Bonchev–Trinajstić information content (AvgIpc) is 3.35. The maximum absolute atomic E-state index is 10.5. The number of nitrogens with zero attached hydrogens (tertiary/aromatic N) is 2. The van der Waals surface area contributed by atoms with Gasteiger partial charge in [-0.15, -0.1) is 0 Å². The molecular weight excluding hydrogens is 444 g/mol. The fourth-order valence-electron chi connectivity index (χ4n) is 6.00. The van der Waals surface area contributed by atoms with Gasteiger partial charge in [-0.25, -0.2) is 0 Å². The summed E-state index contributed by atoms with van der Waals surface area (Å²) in [7, 11) is 4.22. The van der Waals surface area contributed by atoms with Crippen LogP contribution in [0, 0.1) is 0 Å². The summed E-state index contributed by atoms with van der Waals surface area (Å²) in [5.41, 5.74) is 8.59. The van der Waals surface area contributed by atoms with Crippen LogP contribution in [0.1, 0.15) is 0 Å². The topological polar surface area (TPSA) is 50.3 Å². The minimum atomic E-state index is 0.241. The van der Waals surface area contributed by atoms with Gasteiger partial charge in [-0.1, -0.05) is 60.7 Å². The second kappa shape index (κ2) is 7.40. The molecule has 0 saturated heterocycles. The number of aryl methyl sites for hydroxylation is 2. The lowest BCUT2D eigenvalue weighted by molar-refractivity contribution is 0.475. The zero-order chi connectivity index (χ0) is 24.6. The number of fused-ring (bicyclic) bond motifs is 6. The first-order valence-electron chi connectivity index (χ1n) is 12.0. The van der Waals surface area contributed by atoms with E-state index in [-0.39, 0.29) is 11.5 Å². The summed E-state index contributed by atoms with van der Waals surface area (Å²) >= 11 is 0. The summed E-state index contributed by atoms with van der Waals surface area (Å²) in [4.78, 5) is 0. The highest BCUT2D eigenvalue weighted by atomic mass is 16.3. The highest BCUT2D eigenvalue weighted by molar-refractivity contribution is 6.32. The van der Waals surface area contributed by atoms with Gasteiger partial charge in [-0.2, -0.15) is 0 Å². The summed E-state index contributed by atoms with van der Waals surface area (Å²) in [5, 5.41) is 25.5. The first-order chi connectivity index (χ1) is 17.5. The van der Waals surface area contributed by atoms with Gasteiger partial charge in [0.15, 0.2) is 0 Å². The number of phenolic OH excluding ortho intramolecular Hbond substituents is 2. The van der Waals surface area contributed by atoms with E-state index in [1.807, 2.05) is 24.3 Å². The van der Waals surface area contributed by atoms with Crippen molar-refractivity contribution < 1.29 is 10.2 Å². The number of hydrogen-bond acceptors (Lipinski definition) is 2. The Morgan fingerprint density at radius 1 is 0.500 bits per heavy atom. The molecule has 2 aromatic heterocycles. The summed E-state index contributed by atoms with van der Waals surface area (Å²) in [5.74, 6) is 0.481. The number of rotatable bonds is 2. The smallest absolute Gasteiger partial charge is 0.116 e. The monoisotopic (exact) mass is 468 g/mol. The number of benzene rings is 5. The maximum atomic E-state index is 10.5. The molecule has 0 amide bonds. The number of phenols is 2. The fourth-order valence-corrected chi connectivity index (χ4v) is 6.00. The lowest BCUT2D eigenvalue weighted by atomic mass is 9.90. The summed E-state index contributed by atoms with van der Waals surface area (Å²) in [6.45, 7) is 0. The van der Waals surface area contributed by atoms with Gasteiger partial charge in [0.1, 0.15) is 11.5 Å². The Kier molecular flexibility index (Phi) is 4.24. The van der Waals surface area contributed by atoms with Gasteiger partial charge < -0.3 is 19.3 Å². The molecule has 7 aromatic rings. The number of aromatic nitrogens is 2. The second-order valence-electron chi connectivity index (χ2n) is 9.45. The van der Waals surface area contributed by atoms with Crippen LogP contribution in [0.5, 0.6) is 11.5 Å². The SMILES string of the molecule is Cn1c2ccccc2c2c(-c3cccc(O)c3)c3c(c(-c4cccc(O)c4)c21)c1ccccc1n3C. The van der Waals surface area contributed by atoms with Crippen LogP contribution in [0.4, 0.5) is 0 Å². The van der Waals surface area contributed by atoms with E-state index in [1.54, 1.807) is 12.1 Å². The fraction of sp³-hybridized carbons (Fsp3) is 0.0625. The Balaban J connectivity index is 1.88. The van der Waals surface area contributed by atoms with Crippen molar-refractivity contribution in [2.75, 3.05) is 0 Å². The van der Waals surface area contributed by atoms with Crippen molar-refractivity contribution in [1.29, 1.82) is 0 Å². The molecule has 0 saturated carbocycles. The van der Waals surface area contributed by atoms with Crippen molar-refractivity contribution in [2.45, 2.75) is 0 Å². The van der Waals surface area contributed by atoms with Crippen LogP contribution in [-0.2, 0) is 14.1 Å². The van der Waals surface area contributed by atoms with Gasteiger partial charge in [0.2, 0.25) is 0 Å². The molecule has 0 spiro atoms. The second-order valence-corrected chi connectivity index (χ2v) is 9.45. The molecule has 7 rings (SSSR count). The zero-order valence-electron chi connectivity index (χ0n) is 20.0. The highest BCUT2D eigenvalue weighted by Crippen LogP contribution is 2.50. The van der Waals surface area contributed by atoms with Crippen molar-refractivity contribution >= 4 is 43.6 Å². The Hall–Kier alpha value is -4.70. The van der Waals surface area contributed by atoms with Gasteiger partial charge in [-0.05, 0) is 47.5 Å². The quantitative estimate of drug-likeness (QED) is 0.273. The largest absolute Gasteiger partial charge is 0.508 e. The standard InChI is InChI=1S/C32H24N2O2/c1-33-25-15-5-3-13-23(25)29-28(20-10-8-12-22(36)18-20)32-30(24-14-4-6-16-26(24)34(32)2)27(31(29)33)19-9-7-11-21(35)17-19/h3-18,35-36H,1-2H3. The molecule has 36 heavy (non-hydrogen) atoms. The predicted octanol–water partition coefficient (Wildman–Crippen LogP) is 7.72. The van der Waals surface area contributed by atoms with E-state index in [4.69, 9.17) is 0 Å². The van der Waals surface area contributed by atoms with Crippen LogP contribution < -0.4 is 0 Å². The third-order valence-corrected chi connectivity index (χ3v) is 7.46. The molecule has 0 fully saturated rings. The van der Waals surface area contributed by atoms with Crippen molar-refractivity contribution in [3.8, 4) is 33.8 Å². The summed E-state index contributed by atoms with van der Waals surface area (Å²) < 4.78 is 4.52. The van der Waals surface area contributed by atoms with E-state index >= 15 is 0 Å². The van der Waals surface area contributed by atoms with Gasteiger partial charge >= 0.3 is 0 Å². The first-order valence-corrected chi connectivity index (χ1v) is 12.0. The molecule has 4 heteroatoms. The van der Waals surface area contributed by atoms with Crippen molar-refractivity contribution in [1.82, 2.24) is 9.13 Å². The number of hydrogen-bond donors (Lipinski definition) is 2. The van der Waals surface area contributed by atoms with E-state index < -0.39 is 0 Å². The molecule has 0 radical (unpaired) electrons. The van der Waals surface area contributed by atoms with Gasteiger partial charge in [-0.3, -0.25) is 0 Å². The molecule has 2 N–H and O–H groups in total. The van der Waals surface area contributed by atoms with Gasteiger partial charge in [0.25, 0.3) is 0 Å². The molecule has 4 nitrogen and oxygen atoms in total. The predicted molar refractivity (Wildman–Crippen MR) is 149 cm³/mol. The summed E-state index contributed by atoms with van der Waals surface area (Å²) in [6, 6.07) is 32.0. The van der Waals surface area contributed by atoms with Crippen LogP contribution >= 0.6 is 0 Å². The summed E-state index contributed by atoms with van der Waals surface area (Å²) in [6.07, 6.45) is 0. The van der Waals surface area contributed by atoms with Crippen LogP contribution in [0.25, 0.3) is 65.9 Å². The molecular formula is C32H24N2O2. The minimum absolute atomic E-state index is 0.241. The Morgan fingerprint density at radius 3 is 1.33 bits per heavy atom. The van der Waals surface area contributed by atoms with E-state index in [1.165, 1.54) is 0 Å². The molecule has 2 heterocycles. The lowest BCUT2D eigenvalue weighted by Gasteiger charge is -2.16. The molecule has 174 valence electrons. The first kappa shape index (κ1) is 20.7. The van der Waals surface area contributed by atoms with Gasteiger partial charge in [0, 0.05) is 57.8 Å². The van der Waals surface area contributed by atoms with E-state index in [2.05, 4.69) is 83.9 Å². The maximum Gasteiger partial charge on any atom is 0.116 e. The normalized spacial score (nSPS) is 11.8. The Labute approximate surface area is 207 Å². The average molecular weight is 469 g/mol. The third kappa shape index (κ3) is 2.70. The number of para-hydroxylation sites is 2. The van der Waals surface area contributed by atoms with Gasteiger partial charge in [0.05, 0.1) is 11.0 Å². The lowest BCUT2D eigenvalue weighted by Crippen LogP contribution is -1.96. The Bertz CT molecular complexity index is 1850. The van der Waals surface area contributed by atoms with Crippen LogP contribution in [0.2, 0.25) is 0 Å². The molecule has 0 aliphatic carbocycles. The minimum Gasteiger partial charge on any atom is -0.508 e. The van der Waals surface area contributed by atoms with Crippen molar-refractivity contribution in [3.05, 3.63) is 97.1 Å².